The first-order chi connectivity index (χ1) is 16.7. The summed E-state index contributed by atoms with van der Waals surface area (Å²) in [6, 6.07) is 8.09. The Morgan fingerprint density at radius 2 is 1.94 bits per heavy atom. The Bertz CT molecular complexity index is 1260. The predicted octanol–water partition coefficient (Wildman–Crippen LogP) is 3.24. The molecule has 2 fully saturated rings. The summed E-state index contributed by atoms with van der Waals surface area (Å²) in [5, 5.41) is 7.62. The maximum absolute atomic E-state index is 6.45. The molecule has 34 heavy (non-hydrogen) atoms. The van der Waals surface area contributed by atoms with Crippen LogP contribution in [-0.2, 0) is 11.2 Å². The number of H-pyrrole nitrogens is 1. The van der Waals surface area contributed by atoms with Crippen LogP contribution < -0.4 is 4.90 Å². The number of nitrogens with one attached hydrogen (secondary N) is 1. The smallest absolute Gasteiger partial charge is 0.195 e. The number of hydrogen-bond donors (Lipinski definition) is 1. The van der Waals surface area contributed by atoms with E-state index in [4.69, 9.17) is 19.1 Å². The van der Waals surface area contributed by atoms with Gasteiger partial charge in [-0.3, -0.25) is 10.1 Å². The molecule has 1 atom stereocenters. The number of fused-ring (bicyclic) bond motifs is 1. The first-order valence-corrected chi connectivity index (χ1v) is 12.0. The molecule has 2 aliphatic heterocycles. The number of likely N-dealkylation sites (tertiary alicyclic amines) is 1. The van der Waals surface area contributed by atoms with Crippen LogP contribution in [-0.4, -0.2) is 76.5 Å². The number of furan rings is 1. The minimum atomic E-state index is 0.393. The zero-order chi connectivity index (χ0) is 22.9. The summed E-state index contributed by atoms with van der Waals surface area (Å²) >= 11 is 0. The van der Waals surface area contributed by atoms with E-state index >= 15 is 0 Å². The summed E-state index contributed by atoms with van der Waals surface area (Å²) in [6.45, 7) is 5.13. The number of anilines is 1. The lowest BCUT2D eigenvalue weighted by molar-refractivity contribution is 0.122. The van der Waals surface area contributed by atoms with Gasteiger partial charge in [0, 0.05) is 61.7 Å². The zero-order valence-corrected chi connectivity index (χ0v) is 19.4. The van der Waals surface area contributed by atoms with E-state index in [0.29, 0.717) is 25.6 Å². The van der Waals surface area contributed by atoms with Crippen LogP contribution >= 0.6 is 0 Å². The molecule has 9 nitrogen and oxygen atoms in total. The van der Waals surface area contributed by atoms with Crippen LogP contribution in [0.1, 0.15) is 36.0 Å². The Labute approximate surface area is 198 Å². The van der Waals surface area contributed by atoms with Gasteiger partial charge in [-0.15, -0.1) is 0 Å². The van der Waals surface area contributed by atoms with E-state index in [2.05, 4.69) is 44.2 Å². The number of nitrogens with zero attached hydrogens (tertiary/aromatic N) is 6. The third kappa shape index (κ3) is 4.28. The molecule has 2 saturated heterocycles. The van der Waals surface area contributed by atoms with Gasteiger partial charge >= 0.3 is 0 Å². The van der Waals surface area contributed by atoms with Gasteiger partial charge in [0.1, 0.15) is 17.1 Å². The lowest BCUT2D eigenvalue weighted by Crippen LogP contribution is -2.37. The standard InChI is InChI=1S/C25H29N7O2/c1-31-8-2-3-18(16-31)22-15-21-24(34-22)25(32-9-11-33-12-10-32)28-23(27-21)14-19-13-20(30-29-19)17-4-6-26-7-5-17/h4-7,13,15,18H,2-3,8-12,14,16H2,1H3,(H,29,30). The molecule has 6 heterocycles. The molecular formula is C25H29N7O2. The van der Waals surface area contributed by atoms with E-state index < -0.39 is 0 Å². The number of pyridine rings is 1. The Kier molecular flexibility index (Phi) is 5.72. The summed E-state index contributed by atoms with van der Waals surface area (Å²) in [7, 11) is 2.18. The van der Waals surface area contributed by atoms with Gasteiger partial charge in [-0.05, 0) is 44.6 Å². The molecule has 9 heteroatoms. The van der Waals surface area contributed by atoms with Gasteiger partial charge in [-0.1, -0.05) is 0 Å². The molecule has 0 aromatic carbocycles. The van der Waals surface area contributed by atoms with E-state index in [-0.39, 0.29) is 0 Å². The van der Waals surface area contributed by atoms with Crippen molar-refractivity contribution in [3.05, 3.63) is 53.9 Å². The van der Waals surface area contributed by atoms with Crippen molar-refractivity contribution in [3.8, 4) is 11.3 Å². The molecule has 2 aliphatic rings. The van der Waals surface area contributed by atoms with Crippen LogP contribution in [0.15, 0.2) is 41.1 Å². The van der Waals surface area contributed by atoms with E-state index in [1.165, 1.54) is 6.42 Å². The highest BCUT2D eigenvalue weighted by molar-refractivity contribution is 5.85. The first-order valence-electron chi connectivity index (χ1n) is 12.0. The van der Waals surface area contributed by atoms with Gasteiger partial charge in [0.15, 0.2) is 11.4 Å². The van der Waals surface area contributed by atoms with Crippen molar-refractivity contribution in [2.45, 2.75) is 25.2 Å². The fourth-order valence-electron chi connectivity index (χ4n) is 4.94. The van der Waals surface area contributed by atoms with Gasteiger partial charge in [0.25, 0.3) is 0 Å². The Morgan fingerprint density at radius 3 is 2.76 bits per heavy atom. The molecular weight excluding hydrogens is 430 g/mol. The molecule has 0 saturated carbocycles. The van der Waals surface area contributed by atoms with Gasteiger partial charge in [-0.2, -0.15) is 5.10 Å². The first kappa shape index (κ1) is 21.2. The predicted molar refractivity (Wildman–Crippen MR) is 129 cm³/mol. The fourth-order valence-corrected chi connectivity index (χ4v) is 4.94. The number of ether oxygens (including phenoxy) is 1. The summed E-state index contributed by atoms with van der Waals surface area (Å²) in [6.07, 6.45) is 6.44. The molecule has 0 bridgehead atoms. The maximum atomic E-state index is 6.45. The number of rotatable bonds is 5. The van der Waals surface area contributed by atoms with E-state index in [1.54, 1.807) is 12.4 Å². The second-order valence-electron chi connectivity index (χ2n) is 9.22. The quantitative estimate of drug-likeness (QED) is 0.486. The molecule has 1 unspecified atom stereocenters. The van der Waals surface area contributed by atoms with Crippen molar-refractivity contribution < 1.29 is 9.15 Å². The van der Waals surface area contributed by atoms with Crippen LogP contribution in [0.5, 0.6) is 0 Å². The van der Waals surface area contributed by atoms with Crippen LogP contribution in [0, 0.1) is 0 Å². The van der Waals surface area contributed by atoms with Gasteiger partial charge in [-0.25, -0.2) is 9.97 Å². The lowest BCUT2D eigenvalue weighted by Gasteiger charge is -2.28. The summed E-state index contributed by atoms with van der Waals surface area (Å²) < 4.78 is 12.0. The molecule has 0 aliphatic carbocycles. The third-order valence-corrected chi connectivity index (χ3v) is 6.71. The highest BCUT2D eigenvalue weighted by Gasteiger charge is 2.26. The maximum Gasteiger partial charge on any atom is 0.195 e. The van der Waals surface area contributed by atoms with E-state index in [1.807, 2.05) is 12.1 Å². The number of likely N-dealkylation sites (N-methyl/N-ethyl adjacent to an activating group) is 1. The third-order valence-electron chi connectivity index (χ3n) is 6.71. The second-order valence-corrected chi connectivity index (χ2v) is 9.22. The molecule has 0 spiro atoms. The number of morpholine rings is 1. The van der Waals surface area contributed by atoms with Crippen molar-refractivity contribution in [2.75, 3.05) is 51.3 Å². The van der Waals surface area contributed by atoms with E-state index in [0.717, 1.165) is 78.1 Å². The van der Waals surface area contributed by atoms with Crippen molar-refractivity contribution in [2.24, 2.45) is 0 Å². The minimum Gasteiger partial charge on any atom is -0.455 e. The summed E-state index contributed by atoms with van der Waals surface area (Å²) in [5.41, 5.74) is 4.55. The molecule has 0 amide bonds. The summed E-state index contributed by atoms with van der Waals surface area (Å²) in [4.78, 5) is 18.6. The average molecular weight is 460 g/mol. The van der Waals surface area contributed by atoms with Crippen LogP contribution in [0.2, 0.25) is 0 Å². The molecule has 4 aromatic heterocycles. The van der Waals surface area contributed by atoms with Crippen LogP contribution in [0.3, 0.4) is 0 Å². The average Bonchev–Trinajstić information content (AvgIpc) is 3.52. The number of aromatic nitrogens is 5. The molecule has 0 radical (unpaired) electrons. The fraction of sp³-hybridized carbons (Fsp3) is 0.440. The van der Waals surface area contributed by atoms with Crippen LogP contribution in [0.4, 0.5) is 5.82 Å². The van der Waals surface area contributed by atoms with E-state index in [9.17, 15) is 0 Å². The SMILES string of the molecule is CN1CCCC(c2cc3nc(Cc4cc(-c5ccncc5)n[nH]4)nc(N4CCOCC4)c3o2)C1. The van der Waals surface area contributed by atoms with Gasteiger partial charge in [0.05, 0.1) is 18.9 Å². The molecule has 176 valence electrons. The summed E-state index contributed by atoms with van der Waals surface area (Å²) in [5.74, 6) is 3.04. The van der Waals surface area contributed by atoms with Crippen LogP contribution in [0.25, 0.3) is 22.4 Å². The zero-order valence-electron chi connectivity index (χ0n) is 19.4. The van der Waals surface area contributed by atoms with Gasteiger partial charge in [0.2, 0.25) is 0 Å². The Hall–Kier alpha value is -3.30. The second kappa shape index (κ2) is 9.15. The molecule has 1 N–H and O–H groups in total. The van der Waals surface area contributed by atoms with Crippen molar-refractivity contribution in [1.29, 1.82) is 0 Å². The highest BCUT2D eigenvalue weighted by Crippen LogP contribution is 2.34. The Balaban J connectivity index is 1.34. The molecule has 6 rings (SSSR count). The topological polar surface area (TPSA) is 96.2 Å². The number of aromatic amines is 1. The normalized spacial score (nSPS) is 19.7. The number of piperidine rings is 1. The monoisotopic (exact) mass is 459 g/mol. The Morgan fingerprint density at radius 1 is 1.09 bits per heavy atom. The highest BCUT2D eigenvalue weighted by atomic mass is 16.5. The van der Waals surface area contributed by atoms with Gasteiger partial charge < -0.3 is 19.0 Å². The largest absolute Gasteiger partial charge is 0.455 e. The molecule has 4 aromatic rings. The number of hydrogen-bond acceptors (Lipinski definition) is 8. The lowest BCUT2D eigenvalue weighted by atomic mass is 9.96. The van der Waals surface area contributed by atoms with Crippen molar-refractivity contribution in [3.63, 3.8) is 0 Å². The minimum absolute atomic E-state index is 0.393. The van der Waals surface area contributed by atoms with Crippen molar-refractivity contribution >= 4 is 16.9 Å². The van der Waals surface area contributed by atoms with Crippen molar-refractivity contribution in [1.82, 2.24) is 30.0 Å².